The summed E-state index contributed by atoms with van der Waals surface area (Å²) in [6.45, 7) is -1.95. The van der Waals surface area contributed by atoms with Gasteiger partial charge in [-0.2, -0.15) is 13.2 Å². The minimum absolute atomic E-state index is 0.0184. The third-order valence-electron chi connectivity index (χ3n) is 6.60. The minimum atomic E-state index is -4.62. The maximum Gasteiger partial charge on any atom is 0.405 e. The molecule has 0 spiro atoms. The number of hydrogen-bond donors (Lipinski definition) is 1. The summed E-state index contributed by atoms with van der Waals surface area (Å²) in [5.74, 6) is -3.33. The Bertz CT molecular complexity index is 1460. The molecule has 3 aromatic rings. The molecule has 41 heavy (non-hydrogen) atoms. The van der Waals surface area contributed by atoms with Crippen LogP contribution in [0.1, 0.15) is 42.1 Å². The number of nitrogens with one attached hydrogen (secondary N) is 1. The third kappa shape index (κ3) is 6.33. The van der Waals surface area contributed by atoms with E-state index >= 15 is 0 Å². The zero-order valence-corrected chi connectivity index (χ0v) is 24.1. The highest BCUT2D eigenvalue weighted by molar-refractivity contribution is 7.89. The van der Waals surface area contributed by atoms with Crippen LogP contribution >= 0.6 is 34.5 Å². The number of amides is 1. The Kier molecular flexibility index (Phi) is 8.30. The Morgan fingerprint density at radius 1 is 1.20 bits per heavy atom. The average molecular weight is 660 g/mol. The number of carbonyl (C=O) groups excluding carboxylic acids is 1. The molecule has 18 heteroatoms. The number of piperidine rings is 1. The van der Waals surface area contributed by atoms with E-state index < -0.39 is 54.4 Å². The number of thiazole rings is 1. The first-order valence-corrected chi connectivity index (χ1v) is 14.7. The van der Waals surface area contributed by atoms with Gasteiger partial charge >= 0.3 is 6.18 Å². The molecular formula is C23H20Cl2F5N5O4S2. The lowest BCUT2D eigenvalue weighted by Crippen LogP contribution is -2.43. The summed E-state index contributed by atoms with van der Waals surface area (Å²) in [4.78, 5) is 19.1. The van der Waals surface area contributed by atoms with Crippen molar-refractivity contribution in [3.05, 3.63) is 33.8 Å². The molecule has 1 unspecified atom stereocenters. The van der Waals surface area contributed by atoms with Crippen LogP contribution in [0.15, 0.2) is 21.4 Å². The predicted molar refractivity (Wildman–Crippen MR) is 139 cm³/mol. The summed E-state index contributed by atoms with van der Waals surface area (Å²) in [5.41, 5.74) is -0.686. The average Bonchev–Trinajstić information content (AvgIpc) is 3.34. The molecule has 1 atom stereocenters. The SMILES string of the molecule is COC1(c2nnc(-c3nc(C(=O)N4CCC(F)(F)CC4)c(-c4ccc([S+]([O-])NCC(F)(F)F)c(Cl)c4Cl)s3)o2)CC1. The van der Waals surface area contributed by atoms with Gasteiger partial charge < -0.3 is 18.6 Å². The molecule has 2 aliphatic rings. The number of hydrogen-bond acceptors (Lipinski definition) is 9. The first-order valence-electron chi connectivity index (χ1n) is 12.0. The van der Waals surface area contributed by atoms with E-state index in [1.165, 1.54) is 24.1 Å². The quantitative estimate of drug-likeness (QED) is 0.237. The number of halogens is 7. The first-order chi connectivity index (χ1) is 19.2. The summed E-state index contributed by atoms with van der Waals surface area (Å²) in [5, 5.41) is 7.68. The Balaban J connectivity index is 1.52. The molecule has 1 aromatic carbocycles. The highest BCUT2D eigenvalue weighted by atomic mass is 35.5. The van der Waals surface area contributed by atoms with Crippen LogP contribution in [0.5, 0.6) is 0 Å². The van der Waals surface area contributed by atoms with Crippen LogP contribution < -0.4 is 4.72 Å². The van der Waals surface area contributed by atoms with Gasteiger partial charge in [0.1, 0.15) is 22.9 Å². The van der Waals surface area contributed by atoms with Crippen LogP contribution in [-0.4, -0.2) is 69.4 Å². The van der Waals surface area contributed by atoms with Gasteiger partial charge in [-0.25, -0.2) is 13.8 Å². The van der Waals surface area contributed by atoms with E-state index in [0.29, 0.717) is 12.8 Å². The lowest BCUT2D eigenvalue weighted by atomic mass is 10.1. The van der Waals surface area contributed by atoms with Gasteiger partial charge in [-0.15, -0.1) is 26.3 Å². The number of rotatable bonds is 8. The van der Waals surface area contributed by atoms with Crippen molar-refractivity contribution in [2.45, 2.75) is 48.3 Å². The van der Waals surface area contributed by atoms with Crippen molar-refractivity contribution >= 4 is 51.8 Å². The zero-order chi connectivity index (χ0) is 29.7. The molecule has 1 amide bonds. The lowest BCUT2D eigenvalue weighted by molar-refractivity contribution is -0.121. The Morgan fingerprint density at radius 3 is 2.49 bits per heavy atom. The standard InChI is InChI=1S/C23H20Cl2F5N5O4S2/c1-38-21(4-5-21)20-34-33-17(39-20)18-32-15(19(36)35-8-6-22(26,27)7-9-35)16(40-18)11-2-3-12(14(25)13(11)24)41(37)31-10-23(28,29)30/h2-3,31H,4-10H2,1H3. The fraction of sp³-hybridized carbons (Fsp3) is 0.478. The molecule has 9 nitrogen and oxygen atoms in total. The first kappa shape index (κ1) is 30.4. The minimum Gasteiger partial charge on any atom is -0.593 e. The van der Waals surface area contributed by atoms with Gasteiger partial charge in [-0.3, -0.25) is 4.79 Å². The van der Waals surface area contributed by atoms with Gasteiger partial charge in [0.15, 0.2) is 9.90 Å². The van der Waals surface area contributed by atoms with E-state index in [2.05, 4.69) is 15.2 Å². The summed E-state index contributed by atoms with van der Waals surface area (Å²) in [6, 6.07) is 2.54. The molecule has 1 saturated carbocycles. The van der Waals surface area contributed by atoms with Crippen LogP contribution in [-0.2, 0) is 21.7 Å². The smallest absolute Gasteiger partial charge is 0.405 e. The molecular weight excluding hydrogens is 640 g/mol. The van der Waals surface area contributed by atoms with E-state index in [0.717, 1.165) is 11.3 Å². The van der Waals surface area contributed by atoms with E-state index in [-0.39, 0.29) is 61.0 Å². The molecule has 1 aliphatic carbocycles. The predicted octanol–water partition coefficient (Wildman–Crippen LogP) is 5.85. The van der Waals surface area contributed by atoms with Gasteiger partial charge in [0.2, 0.25) is 5.89 Å². The molecule has 2 aromatic heterocycles. The van der Waals surface area contributed by atoms with Crippen molar-refractivity contribution in [3.8, 4) is 21.3 Å². The fourth-order valence-electron chi connectivity index (χ4n) is 4.11. The normalized spacial score (nSPS) is 18.9. The Morgan fingerprint density at radius 2 is 1.88 bits per heavy atom. The number of benzene rings is 1. The van der Waals surface area contributed by atoms with E-state index in [9.17, 15) is 31.3 Å². The molecule has 2 fully saturated rings. The second kappa shape index (κ2) is 11.2. The summed E-state index contributed by atoms with van der Waals surface area (Å²) >= 11 is 11.4. The molecule has 5 rings (SSSR count). The number of nitrogens with zero attached hydrogens (tertiary/aromatic N) is 4. The van der Waals surface area contributed by atoms with Gasteiger partial charge in [-0.1, -0.05) is 23.2 Å². The van der Waals surface area contributed by atoms with Crippen LogP contribution in [0.2, 0.25) is 10.0 Å². The molecule has 1 N–H and O–H groups in total. The van der Waals surface area contributed by atoms with Crippen LogP contribution in [0, 0.1) is 0 Å². The third-order valence-corrected chi connectivity index (χ3v) is 9.82. The maximum atomic E-state index is 13.8. The van der Waals surface area contributed by atoms with Gasteiger partial charge in [0.25, 0.3) is 17.7 Å². The highest BCUT2D eigenvalue weighted by Gasteiger charge is 2.50. The second-order valence-corrected chi connectivity index (χ2v) is 12.4. The van der Waals surface area contributed by atoms with Gasteiger partial charge in [0.05, 0.1) is 21.3 Å². The maximum absolute atomic E-state index is 13.8. The van der Waals surface area contributed by atoms with E-state index in [1.54, 1.807) is 0 Å². The van der Waals surface area contributed by atoms with Crippen molar-refractivity contribution in [1.82, 2.24) is 24.8 Å². The molecule has 222 valence electrons. The fourth-order valence-corrected chi connectivity index (χ4v) is 6.78. The van der Waals surface area contributed by atoms with E-state index in [4.69, 9.17) is 32.4 Å². The molecule has 0 radical (unpaired) electrons. The van der Waals surface area contributed by atoms with Crippen molar-refractivity contribution < 1.29 is 40.5 Å². The number of methoxy groups -OCH3 is 1. The van der Waals surface area contributed by atoms with Crippen LogP contribution in [0.4, 0.5) is 22.0 Å². The number of aromatic nitrogens is 3. The van der Waals surface area contributed by atoms with Gasteiger partial charge in [0, 0.05) is 38.6 Å². The summed E-state index contributed by atoms with van der Waals surface area (Å²) in [7, 11) is 1.51. The second-order valence-electron chi connectivity index (χ2n) is 9.40. The largest absolute Gasteiger partial charge is 0.593 e. The van der Waals surface area contributed by atoms with Gasteiger partial charge in [-0.05, 0) is 25.0 Å². The molecule has 0 bridgehead atoms. The van der Waals surface area contributed by atoms with Crippen LogP contribution in [0.25, 0.3) is 21.3 Å². The molecule has 3 heterocycles. The highest BCUT2D eigenvalue weighted by Crippen LogP contribution is 2.49. The zero-order valence-electron chi connectivity index (χ0n) is 21.0. The lowest BCUT2D eigenvalue weighted by Gasteiger charge is -2.31. The number of carbonyl (C=O) groups is 1. The van der Waals surface area contributed by atoms with Crippen molar-refractivity contribution in [3.63, 3.8) is 0 Å². The van der Waals surface area contributed by atoms with Crippen molar-refractivity contribution in [2.24, 2.45) is 0 Å². The summed E-state index contributed by atoms with van der Waals surface area (Å²) < 4.78 is 90.8. The number of likely N-dealkylation sites (tertiary alicyclic amines) is 1. The monoisotopic (exact) mass is 659 g/mol. The molecule has 1 saturated heterocycles. The summed E-state index contributed by atoms with van der Waals surface area (Å²) in [6.07, 6.45) is -4.30. The van der Waals surface area contributed by atoms with Crippen LogP contribution in [0.3, 0.4) is 0 Å². The molecule has 1 aliphatic heterocycles. The topological polar surface area (TPSA) is 116 Å². The Labute approximate surface area is 246 Å². The Hall–Kier alpha value is -2.08. The number of alkyl halides is 5. The van der Waals surface area contributed by atoms with Crippen molar-refractivity contribution in [1.29, 1.82) is 0 Å². The van der Waals surface area contributed by atoms with E-state index in [1.807, 2.05) is 4.72 Å². The number of ether oxygens (including phenoxy) is 1. The van der Waals surface area contributed by atoms with Crippen molar-refractivity contribution in [2.75, 3.05) is 26.7 Å².